The predicted octanol–water partition coefficient (Wildman–Crippen LogP) is 2.90. The summed E-state index contributed by atoms with van der Waals surface area (Å²) in [5, 5.41) is 3.38. The number of para-hydroxylation sites is 1. The van der Waals surface area contributed by atoms with E-state index in [1.54, 1.807) is 0 Å². The molecule has 0 saturated carbocycles. The fraction of sp³-hybridized carbons (Fsp3) is 0.235. The van der Waals surface area contributed by atoms with E-state index in [-0.39, 0.29) is 0 Å². The third-order valence-corrected chi connectivity index (χ3v) is 3.87. The maximum Gasteiger partial charge on any atom is 0.227 e. The number of rotatable bonds is 2. The van der Waals surface area contributed by atoms with Gasteiger partial charge in [-0.3, -0.25) is 0 Å². The zero-order valence-electron chi connectivity index (χ0n) is 11.7. The molecule has 2 aromatic carbocycles. The van der Waals surface area contributed by atoms with Crippen molar-refractivity contribution in [3.63, 3.8) is 0 Å². The Kier molecular flexibility index (Phi) is 3.09. The molecule has 0 spiro atoms. The molecule has 0 unspecified atom stereocenters. The summed E-state index contributed by atoms with van der Waals surface area (Å²) in [6, 6.07) is 16.2. The predicted molar refractivity (Wildman–Crippen MR) is 84.5 cm³/mol. The minimum absolute atomic E-state index is 0.688. The Labute approximate surface area is 123 Å². The number of piperazine rings is 1. The van der Waals surface area contributed by atoms with Crippen LogP contribution in [0.5, 0.6) is 0 Å². The molecule has 4 rings (SSSR count). The molecule has 4 heteroatoms. The summed E-state index contributed by atoms with van der Waals surface area (Å²) < 4.78 is 6.07. The second kappa shape index (κ2) is 5.22. The molecule has 1 N–H and O–H groups in total. The Balaban J connectivity index is 1.80. The van der Waals surface area contributed by atoms with E-state index < -0.39 is 0 Å². The second-order valence-corrected chi connectivity index (χ2v) is 5.25. The van der Waals surface area contributed by atoms with Crippen molar-refractivity contribution in [3.8, 4) is 11.5 Å². The zero-order chi connectivity index (χ0) is 14.1. The summed E-state index contributed by atoms with van der Waals surface area (Å²) in [6.45, 7) is 4.02. The molecule has 3 aromatic rings. The normalized spacial score (nSPS) is 15.5. The van der Waals surface area contributed by atoms with Gasteiger partial charge in [-0.15, -0.1) is 0 Å². The van der Waals surface area contributed by atoms with Gasteiger partial charge in [-0.1, -0.05) is 24.3 Å². The van der Waals surface area contributed by atoms with E-state index in [2.05, 4.69) is 27.3 Å². The fourth-order valence-corrected chi connectivity index (χ4v) is 2.79. The molecule has 4 nitrogen and oxygen atoms in total. The Morgan fingerprint density at radius 2 is 1.76 bits per heavy atom. The van der Waals surface area contributed by atoms with Crippen molar-refractivity contribution >= 4 is 16.8 Å². The first-order chi connectivity index (χ1) is 10.4. The second-order valence-electron chi connectivity index (χ2n) is 5.25. The topological polar surface area (TPSA) is 41.3 Å². The third kappa shape index (κ3) is 2.28. The van der Waals surface area contributed by atoms with Crippen LogP contribution in [0.25, 0.3) is 22.6 Å². The van der Waals surface area contributed by atoms with Crippen LogP contribution in [0.4, 0.5) is 5.69 Å². The lowest BCUT2D eigenvalue weighted by Gasteiger charge is -2.29. The van der Waals surface area contributed by atoms with Crippen LogP contribution < -0.4 is 10.2 Å². The number of anilines is 1. The van der Waals surface area contributed by atoms with Gasteiger partial charge in [-0.25, -0.2) is 4.98 Å². The van der Waals surface area contributed by atoms with E-state index in [1.807, 2.05) is 36.4 Å². The van der Waals surface area contributed by atoms with Crippen LogP contribution in [0.1, 0.15) is 0 Å². The number of fused-ring (bicyclic) bond motifs is 1. The van der Waals surface area contributed by atoms with E-state index in [0.717, 1.165) is 48.5 Å². The zero-order valence-corrected chi connectivity index (χ0v) is 11.7. The summed E-state index contributed by atoms with van der Waals surface area (Å²) >= 11 is 0. The first-order valence-corrected chi connectivity index (χ1v) is 7.32. The summed E-state index contributed by atoms with van der Waals surface area (Å²) in [7, 11) is 0. The number of nitrogens with zero attached hydrogens (tertiary/aromatic N) is 2. The summed E-state index contributed by atoms with van der Waals surface area (Å²) in [6.07, 6.45) is 0. The van der Waals surface area contributed by atoms with Crippen molar-refractivity contribution in [2.45, 2.75) is 0 Å². The number of hydrogen-bond acceptors (Lipinski definition) is 4. The number of hydrogen-bond donors (Lipinski definition) is 1. The minimum atomic E-state index is 0.688. The SMILES string of the molecule is c1ccc(-c2nc3cccc(N4CCNCC4)c3o2)cc1. The van der Waals surface area contributed by atoms with E-state index >= 15 is 0 Å². The van der Waals surface area contributed by atoms with Gasteiger partial charge in [0.05, 0.1) is 5.69 Å². The standard InChI is InChI=1S/C17H17N3O/c1-2-5-13(6-3-1)17-19-14-7-4-8-15(16(14)21-17)20-11-9-18-10-12-20/h1-8,18H,9-12H2. The van der Waals surface area contributed by atoms with Gasteiger partial charge in [-0.05, 0) is 24.3 Å². The number of benzene rings is 2. The molecule has 0 atom stereocenters. The highest BCUT2D eigenvalue weighted by Gasteiger charge is 2.17. The maximum absolute atomic E-state index is 6.07. The highest BCUT2D eigenvalue weighted by Crippen LogP contribution is 2.31. The highest BCUT2D eigenvalue weighted by atomic mass is 16.3. The molecular formula is C17H17N3O. The summed E-state index contributed by atoms with van der Waals surface area (Å²) in [5.74, 6) is 0.688. The molecule has 1 aliphatic heterocycles. The van der Waals surface area contributed by atoms with E-state index in [1.165, 1.54) is 0 Å². The van der Waals surface area contributed by atoms with Crippen molar-refractivity contribution < 1.29 is 4.42 Å². The van der Waals surface area contributed by atoms with Gasteiger partial charge in [0.25, 0.3) is 0 Å². The highest BCUT2D eigenvalue weighted by molar-refractivity contribution is 5.88. The van der Waals surface area contributed by atoms with E-state index in [0.29, 0.717) is 5.89 Å². The quantitative estimate of drug-likeness (QED) is 0.783. The number of nitrogens with one attached hydrogen (secondary N) is 1. The minimum Gasteiger partial charge on any atom is -0.434 e. The average molecular weight is 279 g/mol. The lowest BCUT2D eigenvalue weighted by molar-refractivity contribution is 0.580. The van der Waals surface area contributed by atoms with Gasteiger partial charge >= 0.3 is 0 Å². The molecule has 0 radical (unpaired) electrons. The van der Waals surface area contributed by atoms with E-state index in [9.17, 15) is 0 Å². The Bertz CT molecular complexity index is 745. The van der Waals surface area contributed by atoms with Gasteiger partial charge in [-0.2, -0.15) is 0 Å². The van der Waals surface area contributed by atoms with Gasteiger partial charge in [0.15, 0.2) is 5.58 Å². The van der Waals surface area contributed by atoms with Crippen LogP contribution >= 0.6 is 0 Å². The molecule has 0 aliphatic carbocycles. The first kappa shape index (κ1) is 12.4. The van der Waals surface area contributed by atoms with Crippen molar-refractivity contribution in [3.05, 3.63) is 48.5 Å². The van der Waals surface area contributed by atoms with Crippen LogP contribution in [-0.2, 0) is 0 Å². The molecule has 1 aliphatic rings. The molecule has 2 heterocycles. The van der Waals surface area contributed by atoms with Crippen LogP contribution in [0.15, 0.2) is 52.9 Å². The first-order valence-electron chi connectivity index (χ1n) is 7.32. The lowest BCUT2D eigenvalue weighted by Crippen LogP contribution is -2.43. The summed E-state index contributed by atoms with van der Waals surface area (Å²) in [4.78, 5) is 6.99. The van der Waals surface area contributed by atoms with Gasteiger partial charge < -0.3 is 14.6 Å². The monoisotopic (exact) mass is 279 g/mol. The average Bonchev–Trinajstić information content (AvgIpc) is 3.00. The molecule has 1 aromatic heterocycles. The number of aromatic nitrogens is 1. The Morgan fingerprint density at radius 1 is 0.952 bits per heavy atom. The largest absolute Gasteiger partial charge is 0.434 e. The van der Waals surface area contributed by atoms with Crippen LogP contribution in [0.3, 0.4) is 0 Å². The molecule has 1 saturated heterocycles. The molecule has 21 heavy (non-hydrogen) atoms. The molecular weight excluding hydrogens is 262 g/mol. The van der Waals surface area contributed by atoms with Gasteiger partial charge in [0, 0.05) is 31.7 Å². The van der Waals surface area contributed by atoms with E-state index in [4.69, 9.17) is 4.42 Å². The van der Waals surface area contributed by atoms with Crippen LogP contribution in [0, 0.1) is 0 Å². The molecule has 106 valence electrons. The number of oxazole rings is 1. The van der Waals surface area contributed by atoms with Crippen molar-refractivity contribution in [1.29, 1.82) is 0 Å². The van der Waals surface area contributed by atoms with Crippen molar-refractivity contribution in [1.82, 2.24) is 10.3 Å². The van der Waals surface area contributed by atoms with Gasteiger partial charge in [0.2, 0.25) is 5.89 Å². The maximum atomic E-state index is 6.07. The van der Waals surface area contributed by atoms with Crippen molar-refractivity contribution in [2.24, 2.45) is 0 Å². The van der Waals surface area contributed by atoms with Crippen molar-refractivity contribution in [2.75, 3.05) is 31.1 Å². The third-order valence-electron chi connectivity index (χ3n) is 3.87. The molecule has 1 fully saturated rings. The summed E-state index contributed by atoms with van der Waals surface area (Å²) in [5.41, 5.74) is 3.96. The van der Waals surface area contributed by atoms with Gasteiger partial charge in [0.1, 0.15) is 5.52 Å². The van der Waals surface area contributed by atoms with Crippen LogP contribution in [0.2, 0.25) is 0 Å². The van der Waals surface area contributed by atoms with Crippen LogP contribution in [-0.4, -0.2) is 31.2 Å². The molecule has 0 bridgehead atoms. The smallest absolute Gasteiger partial charge is 0.227 e. The lowest BCUT2D eigenvalue weighted by atomic mass is 10.2. The fourth-order valence-electron chi connectivity index (χ4n) is 2.79. The molecule has 0 amide bonds. The Morgan fingerprint density at radius 3 is 2.57 bits per heavy atom. The Hall–Kier alpha value is -2.33.